The lowest BCUT2D eigenvalue weighted by atomic mass is 9.86. The maximum Gasteiger partial charge on any atom is 0.333 e. The van der Waals surface area contributed by atoms with Gasteiger partial charge in [-0.1, -0.05) is 19.0 Å². The van der Waals surface area contributed by atoms with Gasteiger partial charge in [-0.15, -0.1) is 0 Å². The minimum absolute atomic E-state index is 0.0584. The topological polar surface area (TPSA) is 126 Å². The van der Waals surface area contributed by atoms with Gasteiger partial charge in [0.2, 0.25) is 5.91 Å². The van der Waals surface area contributed by atoms with Crippen molar-refractivity contribution in [3.05, 3.63) is 41.4 Å². The van der Waals surface area contributed by atoms with Crippen LogP contribution in [0.3, 0.4) is 0 Å². The van der Waals surface area contributed by atoms with Gasteiger partial charge in [-0.25, -0.2) is 4.79 Å². The van der Waals surface area contributed by atoms with Crippen molar-refractivity contribution in [2.45, 2.75) is 46.0 Å². The molecule has 0 aliphatic heterocycles. The smallest absolute Gasteiger partial charge is 0.333 e. The van der Waals surface area contributed by atoms with Crippen LogP contribution < -0.4 is 5.32 Å². The summed E-state index contributed by atoms with van der Waals surface area (Å²) >= 11 is 0. The summed E-state index contributed by atoms with van der Waals surface area (Å²) in [6.45, 7) is 3.54. The van der Waals surface area contributed by atoms with E-state index in [1.54, 1.807) is 26.0 Å². The van der Waals surface area contributed by atoms with Crippen LogP contribution in [0.25, 0.3) is 11.4 Å². The first-order valence-electron chi connectivity index (χ1n) is 9.14. The maximum absolute atomic E-state index is 12.8. The third kappa shape index (κ3) is 4.39. The van der Waals surface area contributed by atoms with Crippen molar-refractivity contribution in [3.63, 3.8) is 0 Å². The minimum Gasteiger partial charge on any atom is -0.506 e. The molecule has 8 nitrogen and oxygen atoms in total. The number of hydrogen-bond acceptors (Lipinski definition) is 6. The van der Waals surface area contributed by atoms with E-state index in [0.29, 0.717) is 42.1 Å². The van der Waals surface area contributed by atoms with Gasteiger partial charge >= 0.3 is 5.97 Å². The predicted octanol–water partition coefficient (Wildman–Crippen LogP) is 3.04. The lowest BCUT2D eigenvalue weighted by Gasteiger charge is -2.25. The second-order valence-electron chi connectivity index (χ2n) is 7.56. The van der Waals surface area contributed by atoms with Gasteiger partial charge < -0.3 is 20.1 Å². The zero-order valence-electron chi connectivity index (χ0n) is 15.9. The average molecular weight is 385 g/mol. The van der Waals surface area contributed by atoms with Crippen LogP contribution in [0.2, 0.25) is 0 Å². The van der Waals surface area contributed by atoms with Gasteiger partial charge in [-0.3, -0.25) is 9.78 Å². The van der Waals surface area contributed by atoms with E-state index in [4.69, 9.17) is 4.52 Å². The summed E-state index contributed by atoms with van der Waals surface area (Å²) in [5.74, 6) is -0.665. The van der Waals surface area contributed by atoms with E-state index in [2.05, 4.69) is 15.5 Å². The van der Waals surface area contributed by atoms with Gasteiger partial charge in [0.15, 0.2) is 0 Å². The van der Waals surface area contributed by atoms with Gasteiger partial charge in [0.25, 0.3) is 0 Å². The third-order valence-electron chi connectivity index (χ3n) is 4.79. The molecule has 0 saturated carbocycles. The maximum atomic E-state index is 12.8. The lowest BCUT2D eigenvalue weighted by molar-refractivity contribution is -0.133. The van der Waals surface area contributed by atoms with Crippen molar-refractivity contribution in [2.75, 3.05) is 0 Å². The summed E-state index contributed by atoms with van der Waals surface area (Å²) in [6, 6.07) is 4.83. The fraction of sp³-hybridized carbons (Fsp3) is 0.400. The number of nitrogens with one attached hydrogen (secondary N) is 1. The molecule has 1 aliphatic carbocycles. The number of pyridine rings is 1. The molecular weight excluding hydrogens is 362 g/mol. The third-order valence-corrected chi connectivity index (χ3v) is 4.79. The molecule has 0 aromatic carbocycles. The Kier molecular flexibility index (Phi) is 5.48. The van der Waals surface area contributed by atoms with Crippen LogP contribution in [0.15, 0.2) is 40.2 Å². The molecule has 0 atom stereocenters. The van der Waals surface area contributed by atoms with Gasteiger partial charge in [-0.2, -0.15) is 0 Å². The van der Waals surface area contributed by atoms with Gasteiger partial charge in [-0.05, 0) is 37.8 Å². The molecule has 1 amide bonds. The summed E-state index contributed by atoms with van der Waals surface area (Å²) in [6.07, 6.45) is 4.31. The molecule has 2 heterocycles. The quantitative estimate of drug-likeness (QED) is 0.698. The van der Waals surface area contributed by atoms with Crippen LogP contribution in [0, 0.1) is 5.41 Å². The molecule has 28 heavy (non-hydrogen) atoms. The molecule has 0 fully saturated rings. The molecule has 2 aromatic heterocycles. The highest BCUT2D eigenvalue weighted by molar-refractivity contribution is 5.90. The number of carboxylic acid groups (broad SMARTS) is 1. The molecule has 1 aliphatic rings. The highest BCUT2D eigenvalue weighted by Crippen LogP contribution is 2.28. The summed E-state index contributed by atoms with van der Waals surface area (Å²) < 4.78 is 5.35. The normalized spacial score (nSPS) is 14.8. The van der Waals surface area contributed by atoms with Crippen molar-refractivity contribution in [1.82, 2.24) is 15.5 Å². The van der Waals surface area contributed by atoms with Crippen molar-refractivity contribution < 1.29 is 24.3 Å². The number of nitrogens with zero attached hydrogens (tertiary/aromatic N) is 2. The Hall–Kier alpha value is -3.16. The van der Waals surface area contributed by atoms with Crippen LogP contribution in [-0.2, 0) is 16.0 Å². The zero-order chi connectivity index (χ0) is 20.3. The molecule has 0 radical (unpaired) electrons. The summed E-state index contributed by atoms with van der Waals surface area (Å²) in [7, 11) is 0. The van der Waals surface area contributed by atoms with Gasteiger partial charge in [0, 0.05) is 18.2 Å². The van der Waals surface area contributed by atoms with Crippen molar-refractivity contribution in [3.8, 4) is 17.1 Å². The molecule has 3 N–H and O–H groups in total. The molecule has 8 heteroatoms. The van der Waals surface area contributed by atoms with Crippen LogP contribution in [0.1, 0.15) is 45.3 Å². The van der Waals surface area contributed by atoms with Crippen molar-refractivity contribution >= 4 is 11.9 Å². The Bertz CT molecular complexity index is 912. The minimum atomic E-state index is -0.978. The fourth-order valence-electron chi connectivity index (χ4n) is 3.16. The molecule has 0 saturated heterocycles. The number of rotatable bonds is 6. The Balaban J connectivity index is 1.72. The number of amides is 1. The Morgan fingerprint density at radius 1 is 1.21 bits per heavy atom. The SMILES string of the molecule is CC(C)(Cc1cc(-c2ccc(O)cn2)no1)C(=O)NC1=C(C(=O)O)CCCC1. The standard InChI is InChI=1S/C20H23N3O5/c1-20(2,19(27)22-15-6-4-3-5-14(15)18(25)26)10-13-9-17(23-28-13)16-8-7-12(24)11-21-16/h7-9,11,24H,3-6,10H2,1-2H3,(H,22,27)(H,25,26). The Morgan fingerprint density at radius 3 is 2.64 bits per heavy atom. The number of aromatic hydroxyl groups is 1. The number of hydrogen-bond donors (Lipinski definition) is 3. The highest BCUT2D eigenvalue weighted by atomic mass is 16.5. The monoisotopic (exact) mass is 385 g/mol. The van der Waals surface area contributed by atoms with Crippen LogP contribution in [0.4, 0.5) is 0 Å². The lowest BCUT2D eigenvalue weighted by Crippen LogP contribution is -2.39. The number of carbonyl (C=O) groups is 2. The van der Waals surface area contributed by atoms with Gasteiger partial charge in [0.05, 0.1) is 22.9 Å². The molecule has 2 aromatic rings. The predicted molar refractivity (Wildman–Crippen MR) is 100 cm³/mol. The number of aliphatic carboxylic acids is 1. The van der Waals surface area contributed by atoms with Crippen molar-refractivity contribution in [1.29, 1.82) is 0 Å². The first kappa shape index (κ1) is 19.6. The fourth-order valence-corrected chi connectivity index (χ4v) is 3.16. The summed E-state index contributed by atoms with van der Waals surface area (Å²) in [5.41, 5.74) is 1.02. The van der Waals surface area contributed by atoms with E-state index in [1.165, 1.54) is 12.3 Å². The summed E-state index contributed by atoms with van der Waals surface area (Å²) in [4.78, 5) is 28.3. The van der Waals surface area contributed by atoms with Gasteiger partial charge in [0.1, 0.15) is 17.2 Å². The first-order valence-corrected chi connectivity index (χ1v) is 9.14. The molecule has 3 rings (SSSR count). The van der Waals surface area contributed by atoms with E-state index < -0.39 is 11.4 Å². The van der Waals surface area contributed by atoms with E-state index >= 15 is 0 Å². The second-order valence-corrected chi connectivity index (χ2v) is 7.56. The number of aromatic nitrogens is 2. The number of carbonyl (C=O) groups excluding carboxylic acids is 1. The van der Waals surface area contributed by atoms with E-state index in [-0.39, 0.29) is 17.2 Å². The molecular formula is C20H23N3O5. The van der Waals surface area contributed by atoms with Crippen LogP contribution in [-0.4, -0.2) is 32.2 Å². The zero-order valence-corrected chi connectivity index (χ0v) is 15.9. The van der Waals surface area contributed by atoms with E-state index in [1.807, 2.05) is 0 Å². The van der Waals surface area contributed by atoms with Crippen molar-refractivity contribution in [2.24, 2.45) is 5.41 Å². The summed E-state index contributed by atoms with van der Waals surface area (Å²) in [5, 5.41) is 25.4. The molecule has 0 spiro atoms. The molecule has 0 unspecified atom stereocenters. The average Bonchev–Trinajstić information content (AvgIpc) is 3.10. The second kappa shape index (κ2) is 7.84. The van der Waals surface area contributed by atoms with Crippen LogP contribution >= 0.6 is 0 Å². The van der Waals surface area contributed by atoms with E-state index in [0.717, 1.165) is 12.8 Å². The number of carboxylic acids is 1. The number of allylic oxidation sites excluding steroid dienone is 1. The van der Waals surface area contributed by atoms with Crippen LogP contribution in [0.5, 0.6) is 5.75 Å². The largest absolute Gasteiger partial charge is 0.506 e. The highest BCUT2D eigenvalue weighted by Gasteiger charge is 2.32. The molecule has 0 bridgehead atoms. The Morgan fingerprint density at radius 2 is 1.96 bits per heavy atom. The molecule has 148 valence electrons. The van der Waals surface area contributed by atoms with E-state index in [9.17, 15) is 19.8 Å². The first-order chi connectivity index (χ1) is 13.3. The Labute approximate surface area is 162 Å².